The molecule has 0 aromatic carbocycles. The molecule has 0 heterocycles. The normalized spacial score (nSPS) is 18.3. The van der Waals surface area contributed by atoms with E-state index < -0.39 is 0 Å². The molecule has 0 bridgehead atoms. The van der Waals surface area contributed by atoms with E-state index in [-0.39, 0.29) is 18.6 Å². The Bertz CT molecular complexity index is 46.7. The maximum Gasteiger partial charge on any atom is 0 e. The second-order valence-corrected chi connectivity index (χ2v) is 2.74. The first kappa shape index (κ1) is 13.2. The van der Waals surface area contributed by atoms with Crippen LogP contribution in [0.2, 0.25) is 0 Å². The van der Waals surface area contributed by atoms with Gasteiger partial charge in [0.05, 0.1) is 0 Å². The Kier molecular flexibility index (Phi) is 12.6. The fourth-order valence-electron chi connectivity index (χ4n) is 1.31. The van der Waals surface area contributed by atoms with E-state index in [9.17, 15) is 0 Å². The minimum Gasteiger partial charge on any atom is -0.0683 e. The van der Waals surface area contributed by atoms with Crippen molar-refractivity contribution in [3.8, 4) is 0 Å². The summed E-state index contributed by atoms with van der Waals surface area (Å²) in [6, 6.07) is 0. The van der Waals surface area contributed by atoms with Crippen molar-refractivity contribution in [3.63, 3.8) is 0 Å². The fraction of sp³-hybridized carbons (Fsp3) is 1.00. The Labute approximate surface area is 77.7 Å². The third-order valence-electron chi connectivity index (χ3n) is 1.89. The Morgan fingerprint density at radius 1 is 0.900 bits per heavy atom. The molecule has 0 aromatic rings. The summed E-state index contributed by atoms with van der Waals surface area (Å²) >= 11 is 0. The smallest absolute Gasteiger partial charge is 0 e. The Hall–Kier alpha value is 0.584. The van der Waals surface area contributed by atoms with Crippen LogP contribution in [0, 0.1) is 5.92 Å². The zero-order valence-electron chi connectivity index (χ0n) is 7.56. The van der Waals surface area contributed by atoms with Crippen LogP contribution in [-0.2, 0) is 18.6 Å². The van der Waals surface area contributed by atoms with E-state index in [0.717, 1.165) is 5.92 Å². The largest absolute Gasteiger partial charge is 0.0683 e. The summed E-state index contributed by atoms with van der Waals surface area (Å²) in [6.45, 7) is 6.36. The van der Waals surface area contributed by atoms with Crippen molar-refractivity contribution in [1.29, 1.82) is 0 Å². The fourth-order valence-corrected chi connectivity index (χ4v) is 1.31. The van der Waals surface area contributed by atoms with Crippen molar-refractivity contribution in [3.05, 3.63) is 0 Å². The predicted molar refractivity (Wildman–Crippen MR) is 43.6 cm³/mol. The van der Waals surface area contributed by atoms with E-state index in [1.165, 1.54) is 32.1 Å². The summed E-state index contributed by atoms with van der Waals surface area (Å²) in [7, 11) is 0. The van der Waals surface area contributed by atoms with E-state index in [1.807, 2.05) is 13.8 Å². The maximum atomic E-state index is 2.36. The van der Waals surface area contributed by atoms with Crippen LogP contribution in [0.15, 0.2) is 0 Å². The van der Waals surface area contributed by atoms with Gasteiger partial charge in [0, 0.05) is 18.6 Å². The number of hydrogen-bond acceptors (Lipinski definition) is 0. The Morgan fingerprint density at radius 2 is 1.30 bits per heavy atom. The van der Waals surface area contributed by atoms with Crippen molar-refractivity contribution in [2.75, 3.05) is 0 Å². The van der Waals surface area contributed by atoms with Crippen LogP contribution in [0.3, 0.4) is 0 Å². The molecule has 0 nitrogen and oxygen atoms in total. The molecule has 1 radical (unpaired) electrons. The van der Waals surface area contributed by atoms with Gasteiger partial charge < -0.3 is 0 Å². The van der Waals surface area contributed by atoms with Gasteiger partial charge in [-0.25, -0.2) is 0 Å². The van der Waals surface area contributed by atoms with Crippen molar-refractivity contribution in [2.45, 2.75) is 52.9 Å². The van der Waals surface area contributed by atoms with Gasteiger partial charge in [-0.05, 0) is 5.92 Å². The van der Waals surface area contributed by atoms with Crippen LogP contribution in [-0.4, -0.2) is 0 Å². The third-order valence-corrected chi connectivity index (χ3v) is 1.89. The van der Waals surface area contributed by atoms with Gasteiger partial charge in [-0.3, -0.25) is 0 Å². The molecule has 0 saturated heterocycles. The van der Waals surface area contributed by atoms with Crippen molar-refractivity contribution in [2.24, 2.45) is 5.92 Å². The monoisotopic (exact) mass is 179 g/mol. The van der Waals surface area contributed by atoms with Crippen LogP contribution in [0.4, 0.5) is 0 Å². The molecule has 1 rings (SSSR count). The first-order valence-electron chi connectivity index (χ1n) is 4.39. The van der Waals surface area contributed by atoms with Gasteiger partial charge in [0.15, 0.2) is 0 Å². The first-order valence-corrected chi connectivity index (χ1v) is 4.39. The van der Waals surface area contributed by atoms with E-state index in [4.69, 9.17) is 0 Å². The molecule has 0 N–H and O–H groups in total. The molecule has 1 saturated carbocycles. The molecular weight excluding hydrogens is 159 g/mol. The molecule has 0 atom stereocenters. The summed E-state index contributed by atoms with van der Waals surface area (Å²) in [5.74, 6) is 1.04. The molecule has 1 aliphatic rings. The summed E-state index contributed by atoms with van der Waals surface area (Å²) in [5.41, 5.74) is 0. The number of rotatable bonds is 0. The molecule has 1 fully saturated rings. The van der Waals surface area contributed by atoms with Gasteiger partial charge in [0.25, 0.3) is 0 Å². The van der Waals surface area contributed by atoms with Crippen molar-refractivity contribution < 1.29 is 18.6 Å². The molecule has 10 heavy (non-hydrogen) atoms. The quantitative estimate of drug-likeness (QED) is 0.533. The van der Waals surface area contributed by atoms with Gasteiger partial charge >= 0.3 is 0 Å². The average Bonchev–Trinajstić information content (AvgIpc) is 1.94. The van der Waals surface area contributed by atoms with Gasteiger partial charge in [-0.15, -0.1) is 0 Å². The van der Waals surface area contributed by atoms with Gasteiger partial charge in [0.2, 0.25) is 0 Å². The molecule has 61 valence electrons. The van der Waals surface area contributed by atoms with Crippen LogP contribution >= 0.6 is 0 Å². The van der Waals surface area contributed by atoms with Gasteiger partial charge in [0.1, 0.15) is 0 Å². The van der Waals surface area contributed by atoms with Gasteiger partial charge in [-0.2, -0.15) is 0 Å². The van der Waals surface area contributed by atoms with E-state index in [2.05, 4.69) is 6.92 Å². The van der Waals surface area contributed by atoms with Crippen LogP contribution in [0.1, 0.15) is 52.9 Å². The molecule has 0 aromatic heterocycles. The Morgan fingerprint density at radius 3 is 1.50 bits per heavy atom. The molecule has 1 aliphatic carbocycles. The molecule has 0 unspecified atom stereocenters. The SMILES string of the molecule is CC.CC1CCCCC1.[V]. The molecule has 0 spiro atoms. The summed E-state index contributed by atoms with van der Waals surface area (Å²) < 4.78 is 0. The second-order valence-electron chi connectivity index (χ2n) is 2.74. The maximum absolute atomic E-state index is 2.36. The molecule has 0 aliphatic heterocycles. The zero-order valence-corrected chi connectivity index (χ0v) is 8.96. The third kappa shape index (κ3) is 6.70. The topological polar surface area (TPSA) is 0 Å². The van der Waals surface area contributed by atoms with Crippen molar-refractivity contribution in [1.82, 2.24) is 0 Å². The average molecular weight is 179 g/mol. The van der Waals surface area contributed by atoms with Crippen LogP contribution in [0.5, 0.6) is 0 Å². The predicted octanol–water partition coefficient (Wildman–Crippen LogP) is 3.61. The summed E-state index contributed by atoms with van der Waals surface area (Å²) in [4.78, 5) is 0. The van der Waals surface area contributed by atoms with Crippen LogP contribution < -0.4 is 0 Å². The molecular formula is C9H20V. The van der Waals surface area contributed by atoms with Crippen LogP contribution in [0.25, 0.3) is 0 Å². The summed E-state index contributed by atoms with van der Waals surface area (Å²) in [6.07, 6.45) is 7.44. The zero-order chi connectivity index (χ0) is 7.11. The first-order chi connectivity index (χ1) is 4.39. The van der Waals surface area contributed by atoms with Crippen molar-refractivity contribution >= 4 is 0 Å². The van der Waals surface area contributed by atoms with E-state index in [1.54, 1.807) is 0 Å². The Balaban J connectivity index is 0. The standard InChI is InChI=1S/C7H14.C2H6.V/c1-7-5-3-2-4-6-7;1-2;/h7H,2-6H2,1H3;1-2H3;. The minimum absolute atomic E-state index is 0. The summed E-state index contributed by atoms with van der Waals surface area (Å²) in [5, 5.41) is 0. The van der Waals surface area contributed by atoms with E-state index >= 15 is 0 Å². The molecule has 0 amide bonds. The second kappa shape index (κ2) is 9.58. The molecule has 1 heteroatoms. The minimum atomic E-state index is 0. The van der Waals surface area contributed by atoms with E-state index in [0.29, 0.717) is 0 Å². The van der Waals surface area contributed by atoms with Gasteiger partial charge in [-0.1, -0.05) is 52.9 Å². The number of hydrogen-bond donors (Lipinski definition) is 0.